The standard InChI is InChI=1S/C22H30/c1-8-16-14-17-15-18(22(5,6)7)11-12-20(17)19(16)10-9-13-21(2,3)4/h8-12,15H,1,13-14H2,2-7H3/b10-9-. The molecule has 0 nitrogen and oxygen atoms in total. The van der Waals surface area contributed by atoms with E-state index in [1.165, 1.54) is 27.8 Å². The summed E-state index contributed by atoms with van der Waals surface area (Å²) in [6, 6.07) is 6.95. The van der Waals surface area contributed by atoms with E-state index in [2.05, 4.69) is 78.5 Å². The Morgan fingerprint density at radius 2 is 1.77 bits per heavy atom. The second-order valence-electron chi connectivity index (χ2n) is 8.61. The summed E-state index contributed by atoms with van der Waals surface area (Å²) in [6.45, 7) is 17.7. The van der Waals surface area contributed by atoms with Crippen LogP contribution in [0.1, 0.15) is 64.7 Å². The topological polar surface area (TPSA) is 0 Å². The summed E-state index contributed by atoms with van der Waals surface area (Å²) in [5.41, 5.74) is 7.48. The largest absolute Gasteiger partial charge is 0.0988 e. The first-order valence-corrected chi connectivity index (χ1v) is 8.28. The van der Waals surface area contributed by atoms with Gasteiger partial charge in [0, 0.05) is 0 Å². The van der Waals surface area contributed by atoms with Crippen molar-refractivity contribution in [1.29, 1.82) is 0 Å². The van der Waals surface area contributed by atoms with Gasteiger partial charge in [-0.15, -0.1) is 0 Å². The van der Waals surface area contributed by atoms with Crippen LogP contribution in [0.4, 0.5) is 0 Å². The zero-order valence-corrected chi connectivity index (χ0v) is 15.1. The third-order valence-corrected chi connectivity index (χ3v) is 4.25. The molecule has 0 heteroatoms. The molecular formula is C22H30. The van der Waals surface area contributed by atoms with Gasteiger partial charge in [0.1, 0.15) is 0 Å². The van der Waals surface area contributed by atoms with Gasteiger partial charge in [-0.25, -0.2) is 0 Å². The molecule has 0 fully saturated rings. The SMILES string of the molecule is C=CC1=C(/C=C\CC(C)(C)C)c2ccc(C(C)(C)C)cc2C1. The zero-order valence-electron chi connectivity index (χ0n) is 15.1. The minimum Gasteiger partial charge on any atom is -0.0988 e. The quantitative estimate of drug-likeness (QED) is 0.599. The number of fused-ring (bicyclic) bond motifs is 1. The molecule has 118 valence electrons. The lowest BCUT2D eigenvalue weighted by Crippen LogP contribution is -2.11. The summed E-state index contributed by atoms with van der Waals surface area (Å²) in [6.07, 6.45) is 8.73. The lowest BCUT2D eigenvalue weighted by Gasteiger charge is -2.20. The third-order valence-electron chi connectivity index (χ3n) is 4.25. The van der Waals surface area contributed by atoms with Crippen molar-refractivity contribution in [2.75, 3.05) is 0 Å². The molecule has 0 aromatic heterocycles. The number of allylic oxidation sites excluding steroid dienone is 5. The molecule has 0 spiro atoms. The summed E-state index contributed by atoms with van der Waals surface area (Å²) in [5, 5.41) is 0. The fourth-order valence-corrected chi connectivity index (χ4v) is 2.85. The van der Waals surface area contributed by atoms with E-state index in [9.17, 15) is 0 Å². The number of hydrogen-bond acceptors (Lipinski definition) is 0. The lowest BCUT2D eigenvalue weighted by atomic mass is 9.85. The smallest absolute Gasteiger partial charge is 0.00136 e. The molecule has 0 bridgehead atoms. The summed E-state index contributed by atoms with van der Waals surface area (Å²) < 4.78 is 0. The highest BCUT2D eigenvalue weighted by Gasteiger charge is 2.21. The van der Waals surface area contributed by atoms with Crippen molar-refractivity contribution < 1.29 is 0 Å². The van der Waals surface area contributed by atoms with Gasteiger partial charge in [0.25, 0.3) is 0 Å². The maximum Gasteiger partial charge on any atom is -0.00136 e. The van der Waals surface area contributed by atoms with Gasteiger partial charge < -0.3 is 0 Å². The van der Waals surface area contributed by atoms with Crippen LogP contribution in [0.3, 0.4) is 0 Å². The van der Waals surface area contributed by atoms with Crippen LogP contribution in [-0.2, 0) is 11.8 Å². The van der Waals surface area contributed by atoms with Crippen molar-refractivity contribution in [2.45, 2.75) is 59.8 Å². The summed E-state index contributed by atoms with van der Waals surface area (Å²) in [4.78, 5) is 0. The zero-order chi connectivity index (χ0) is 16.5. The Labute approximate surface area is 136 Å². The highest BCUT2D eigenvalue weighted by Crippen LogP contribution is 2.37. The van der Waals surface area contributed by atoms with Gasteiger partial charge in [-0.2, -0.15) is 0 Å². The lowest BCUT2D eigenvalue weighted by molar-refractivity contribution is 0.420. The molecule has 0 saturated heterocycles. The Balaban J connectivity index is 2.34. The minimum atomic E-state index is 0.203. The van der Waals surface area contributed by atoms with E-state index in [0.717, 1.165) is 12.8 Å². The Bertz CT molecular complexity index is 625. The Hall–Kier alpha value is -1.56. The molecule has 0 aliphatic heterocycles. The van der Waals surface area contributed by atoms with Crippen molar-refractivity contribution in [3.8, 4) is 0 Å². The summed E-state index contributed by atoms with van der Waals surface area (Å²) in [7, 11) is 0. The molecule has 0 saturated carbocycles. The number of hydrogen-bond donors (Lipinski definition) is 0. The maximum atomic E-state index is 4.01. The molecule has 1 aromatic rings. The van der Waals surface area contributed by atoms with E-state index < -0.39 is 0 Å². The average Bonchev–Trinajstić information content (AvgIpc) is 2.73. The molecule has 1 aliphatic carbocycles. The molecule has 22 heavy (non-hydrogen) atoms. The van der Waals surface area contributed by atoms with Crippen LogP contribution >= 0.6 is 0 Å². The predicted molar refractivity (Wildman–Crippen MR) is 99.2 cm³/mol. The maximum absolute atomic E-state index is 4.01. The van der Waals surface area contributed by atoms with Crippen molar-refractivity contribution >= 4 is 5.57 Å². The molecule has 0 unspecified atom stereocenters. The molecule has 0 amide bonds. The van der Waals surface area contributed by atoms with Gasteiger partial charge in [0.05, 0.1) is 0 Å². The van der Waals surface area contributed by atoms with Gasteiger partial charge in [0.2, 0.25) is 0 Å². The van der Waals surface area contributed by atoms with Crippen LogP contribution in [-0.4, -0.2) is 0 Å². The number of benzene rings is 1. The molecule has 0 atom stereocenters. The van der Waals surface area contributed by atoms with E-state index in [-0.39, 0.29) is 5.41 Å². The first-order chi connectivity index (χ1) is 10.1. The van der Waals surface area contributed by atoms with Gasteiger partial charge in [-0.1, -0.05) is 84.5 Å². The number of rotatable bonds is 3. The highest BCUT2D eigenvalue weighted by molar-refractivity contribution is 5.84. The first kappa shape index (κ1) is 16.8. The van der Waals surface area contributed by atoms with E-state index in [1.54, 1.807) is 0 Å². The fourth-order valence-electron chi connectivity index (χ4n) is 2.85. The Kier molecular flexibility index (Phi) is 4.52. The average molecular weight is 294 g/mol. The molecule has 0 N–H and O–H groups in total. The monoisotopic (exact) mass is 294 g/mol. The van der Waals surface area contributed by atoms with E-state index in [1.807, 2.05) is 6.08 Å². The van der Waals surface area contributed by atoms with E-state index >= 15 is 0 Å². The van der Waals surface area contributed by atoms with Crippen LogP contribution in [0.25, 0.3) is 5.57 Å². The van der Waals surface area contributed by atoms with Gasteiger partial charge in [-0.3, -0.25) is 0 Å². The molecule has 1 aromatic carbocycles. The summed E-state index contributed by atoms with van der Waals surface area (Å²) >= 11 is 0. The molecule has 0 radical (unpaired) electrons. The van der Waals surface area contributed by atoms with Crippen molar-refractivity contribution in [3.05, 3.63) is 65.3 Å². The third kappa shape index (κ3) is 3.80. The highest BCUT2D eigenvalue weighted by atomic mass is 14.3. The van der Waals surface area contributed by atoms with Gasteiger partial charge in [-0.05, 0) is 51.5 Å². The Morgan fingerprint density at radius 1 is 1.09 bits per heavy atom. The Morgan fingerprint density at radius 3 is 2.32 bits per heavy atom. The van der Waals surface area contributed by atoms with Crippen molar-refractivity contribution in [1.82, 2.24) is 0 Å². The molecule has 1 aliphatic rings. The van der Waals surface area contributed by atoms with Gasteiger partial charge in [0.15, 0.2) is 0 Å². The fraction of sp³-hybridized carbons (Fsp3) is 0.455. The molecule has 0 heterocycles. The molecular weight excluding hydrogens is 264 g/mol. The van der Waals surface area contributed by atoms with E-state index in [0.29, 0.717) is 5.41 Å². The second kappa shape index (κ2) is 5.91. The van der Waals surface area contributed by atoms with E-state index in [4.69, 9.17) is 0 Å². The van der Waals surface area contributed by atoms with Crippen molar-refractivity contribution in [2.24, 2.45) is 5.41 Å². The first-order valence-electron chi connectivity index (χ1n) is 8.28. The van der Waals surface area contributed by atoms with Crippen LogP contribution in [0.5, 0.6) is 0 Å². The van der Waals surface area contributed by atoms with Gasteiger partial charge >= 0.3 is 0 Å². The summed E-state index contributed by atoms with van der Waals surface area (Å²) in [5.74, 6) is 0. The van der Waals surface area contributed by atoms with Crippen LogP contribution in [0, 0.1) is 5.41 Å². The predicted octanol–water partition coefficient (Wildman–Crippen LogP) is 6.47. The second-order valence-corrected chi connectivity index (χ2v) is 8.61. The van der Waals surface area contributed by atoms with Crippen LogP contribution in [0.2, 0.25) is 0 Å². The van der Waals surface area contributed by atoms with Crippen molar-refractivity contribution in [3.63, 3.8) is 0 Å². The van der Waals surface area contributed by atoms with Crippen LogP contribution in [0.15, 0.2) is 48.6 Å². The normalized spacial score (nSPS) is 15.5. The van der Waals surface area contributed by atoms with Crippen LogP contribution < -0.4 is 0 Å². The molecule has 2 rings (SSSR count). The minimum absolute atomic E-state index is 0.203.